The summed E-state index contributed by atoms with van der Waals surface area (Å²) < 4.78 is 5.35. The molecule has 1 aromatic heterocycles. The fourth-order valence-electron chi connectivity index (χ4n) is 0.899. The lowest BCUT2D eigenvalue weighted by atomic mass is 10.2. The normalized spacial score (nSPS) is 9.62. The van der Waals surface area contributed by atoms with Gasteiger partial charge in [-0.3, -0.25) is 0 Å². The Morgan fingerprint density at radius 3 is 3.15 bits per heavy atom. The van der Waals surface area contributed by atoms with Crippen LogP contribution in [0, 0.1) is 6.92 Å². The van der Waals surface area contributed by atoms with Crippen LogP contribution in [0.1, 0.15) is 12.0 Å². The average Bonchev–Trinajstić information content (AvgIpc) is 2.13. The standard InChI is InChI=1S/C10H14N2O/c1-3-4-7-13-10-9(11)8(2)5-6-12-10/h3,5-6H,1,4,7,11H2,2H3. The first-order valence-electron chi connectivity index (χ1n) is 4.20. The molecule has 0 radical (unpaired) electrons. The number of hydrogen-bond acceptors (Lipinski definition) is 3. The van der Waals surface area contributed by atoms with Crippen LogP contribution >= 0.6 is 0 Å². The molecule has 0 atom stereocenters. The van der Waals surface area contributed by atoms with Crippen molar-refractivity contribution in [3.63, 3.8) is 0 Å². The lowest BCUT2D eigenvalue weighted by Gasteiger charge is -2.07. The number of nitrogen functional groups attached to an aromatic ring is 1. The van der Waals surface area contributed by atoms with Crippen molar-refractivity contribution in [2.75, 3.05) is 12.3 Å². The van der Waals surface area contributed by atoms with Crippen molar-refractivity contribution in [1.29, 1.82) is 0 Å². The Labute approximate surface area is 78.2 Å². The molecule has 0 spiro atoms. The molecule has 13 heavy (non-hydrogen) atoms. The molecule has 0 aliphatic rings. The second-order valence-corrected chi connectivity index (χ2v) is 2.77. The summed E-state index contributed by atoms with van der Waals surface area (Å²) in [5, 5.41) is 0. The minimum atomic E-state index is 0.516. The van der Waals surface area contributed by atoms with Crippen LogP contribution in [0.5, 0.6) is 5.88 Å². The zero-order valence-electron chi connectivity index (χ0n) is 7.79. The van der Waals surface area contributed by atoms with E-state index in [1.54, 1.807) is 12.3 Å². The first kappa shape index (κ1) is 9.58. The van der Waals surface area contributed by atoms with Gasteiger partial charge in [0.1, 0.15) is 0 Å². The Morgan fingerprint density at radius 1 is 1.69 bits per heavy atom. The SMILES string of the molecule is C=CCCOc1nccc(C)c1N. The Kier molecular flexibility index (Phi) is 3.31. The third-order valence-corrected chi connectivity index (χ3v) is 1.73. The van der Waals surface area contributed by atoms with Gasteiger partial charge in [-0.05, 0) is 25.0 Å². The van der Waals surface area contributed by atoms with Crippen molar-refractivity contribution in [3.8, 4) is 5.88 Å². The molecule has 3 nitrogen and oxygen atoms in total. The van der Waals surface area contributed by atoms with Gasteiger partial charge < -0.3 is 10.5 Å². The van der Waals surface area contributed by atoms with Crippen LogP contribution < -0.4 is 10.5 Å². The molecular weight excluding hydrogens is 164 g/mol. The molecule has 0 aromatic carbocycles. The van der Waals surface area contributed by atoms with Gasteiger partial charge in [-0.25, -0.2) is 4.98 Å². The van der Waals surface area contributed by atoms with Crippen molar-refractivity contribution in [3.05, 3.63) is 30.5 Å². The van der Waals surface area contributed by atoms with E-state index in [2.05, 4.69) is 11.6 Å². The van der Waals surface area contributed by atoms with E-state index in [1.807, 2.05) is 13.0 Å². The van der Waals surface area contributed by atoms with Crippen LogP contribution in [0.15, 0.2) is 24.9 Å². The third-order valence-electron chi connectivity index (χ3n) is 1.73. The minimum Gasteiger partial charge on any atom is -0.476 e. The van der Waals surface area contributed by atoms with Gasteiger partial charge in [0.2, 0.25) is 5.88 Å². The topological polar surface area (TPSA) is 48.1 Å². The highest BCUT2D eigenvalue weighted by Crippen LogP contribution is 2.20. The maximum Gasteiger partial charge on any atom is 0.237 e. The van der Waals surface area contributed by atoms with E-state index in [0.29, 0.717) is 18.2 Å². The highest BCUT2D eigenvalue weighted by molar-refractivity contribution is 5.53. The van der Waals surface area contributed by atoms with Crippen LogP contribution in [0.3, 0.4) is 0 Å². The van der Waals surface area contributed by atoms with E-state index < -0.39 is 0 Å². The molecule has 1 aromatic rings. The molecule has 0 saturated heterocycles. The molecule has 0 bridgehead atoms. The first-order chi connectivity index (χ1) is 6.25. The summed E-state index contributed by atoms with van der Waals surface area (Å²) in [5.41, 5.74) is 7.36. The molecule has 0 aliphatic heterocycles. The summed E-state index contributed by atoms with van der Waals surface area (Å²) in [6.07, 6.45) is 4.29. The van der Waals surface area contributed by atoms with Gasteiger partial charge in [-0.1, -0.05) is 6.08 Å². The molecule has 2 N–H and O–H groups in total. The second kappa shape index (κ2) is 4.50. The van der Waals surface area contributed by atoms with Crippen molar-refractivity contribution in [1.82, 2.24) is 4.98 Å². The van der Waals surface area contributed by atoms with Gasteiger partial charge in [0.25, 0.3) is 0 Å². The zero-order chi connectivity index (χ0) is 9.68. The molecule has 0 saturated carbocycles. The smallest absolute Gasteiger partial charge is 0.237 e. The summed E-state index contributed by atoms with van der Waals surface area (Å²) in [5.74, 6) is 0.516. The molecule has 3 heteroatoms. The third kappa shape index (κ3) is 2.47. The quantitative estimate of drug-likeness (QED) is 0.566. The number of nitrogens with two attached hydrogens (primary N) is 1. The van der Waals surface area contributed by atoms with E-state index >= 15 is 0 Å². The average molecular weight is 178 g/mol. The fourth-order valence-corrected chi connectivity index (χ4v) is 0.899. The summed E-state index contributed by atoms with van der Waals surface area (Å²) in [6, 6.07) is 1.86. The van der Waals surface area contributed by atoms with Gasteiger partial charge >= 0.3 is 0 Å². The number of aromatic nitrogens is 1. The summed E-state index contributed by atoms with van der Waals surface area (Å²) >= 11 is 0. The summed E-state index contributed by atoms with van der Waals surface area (Å²) in [6.45, 7) is 6.10. The predicted molar refractivity (Wildman–Crippen MR) is 53.7 cm³/mol. The number of pyridine rings is 1. The molecule has 0 unspecified atom stereocenters. The van der Waals surface area contributed by atoms with Crippen LogP contribution in [-0.4, -0.2) is 11.6 Å². The Balaban J connectivity index is 2.65. The van der Waals surface area contributed by atoms with E-state index in [9.17, 15) is 0 Å². The van der Waals surface area contributed by atoms with E-state index in [4.69, 9.17) is 10.5 Å². The highest BCUT2D eigenvalue weighted by atomic mass is 16.5. The van der Waals surface area contributed by atoms with Crippen molar-refractivity contribution in [2.24, 2.45) is 0 Å². The molecule has 0 fully saturated rings. The number of ether oxygens (including phenoxy) is 1. The van der Waals surface area contributed by atoms with Gasteiger partial charge in [0, 0.05) is 6.20 Å². The number of anilines is 1. The van der Waals surface area contributed by atoms with Crippen LogP contribution in [0.25, 0.3) is 0 Å². The molecular formula is C10H14N2O. The maximum atomic E-state index is 5.75. The van der Waals surface area contributed by atoms with Crippen molar-refractivity contribution < 1.29 is 4.74 Å². The minimum absolute atomic E-state index is 0.516. The van der Waals surface area contributed by atoms with Crippen LogP contribution in [0.2, 0.25) is 0 Å². The predicted octanol–water partition coefficient (Wildman–Crippen LogP) is 1.93. The Bertz CT molecular complexity index is 297. The lowest BCUT2D eigenvalue weighted by molar-refractivity contribution is 0.314. The van der Waals surface area contributed by atoms with Crippen molar-refractivity contribution in [2.45, 2.75) is 13.3 Å². The molecule has 0 aliphatic carbocycles. The molecule has 1 rings (SSSR count). The largest absolute Gasteiger partial charge is 0.476 e. The van der Waals surface area contributed by atoms with E-state index in [-0.39, 0.29) is 0 Å². The van der Waals surface area contributed by atoms with E-state index in [0.717, 1.165) is 12.0 Å². The summed E-state index contributed by atoms with van der Waals surface area (Å²) in [7, 11) is 0. The van der Waals surface area contributed by atoms with E-state index in [1.165, 1.54) is 0 Å². The van der Waals surface area contributed by atoms with Gasteiger partial charge in [-0.15, -0.1) is 6.58 Å². The number of rotatable bonds is 4. The zero-order valence-corrected chi connectivity index (χ0v) is 7.79. The van der Waals surface area contributed by atoms with Crippen LogP contribution in [-0.2, 0) is 0 Å². The number of hydrogen-bond donors (Lipinski definition) is 1. The molecule has 1 heterocycles. The van der Waals surface area contributed by atoms with Gasteiger partial charge in [0.15, 0.2) is 0 Å². The number of nitrogens with zero attached hydrogens (tertiary/aromatic N) is 1. The van der Waals surface area contributed by atoms with Gasteiger partial charge in [-0.2, -0.15) is 0 Å². The van der Waals surface area contributed by atoms with Crippen molar-refractivity contribution >= 4 is 5.69 Å². The molecule has 70 valence electrons. The van der Waals surface area contributed by atoms with Crippen LogP contribution in [0.4, 0.5) is 5.69 Å². The highest BCUT2D eigenvalue weighted by Gasteiger charge is 2.02. The lowest BCUT2D eigenvalue weighted by Crippen LogP contribution is -2.02. The maximum absolute atomic E-state index is 5.75. The number of aryl methyl sites for hydroxylation is 1. The monoisotopic (exact) mass is 178 g/mol. The summed E-state index contributed by atoms with van der Waals surface area (Å²) in [4.78, 5) is 4.03. The van der Waals surface area contributed by atoms with Gasteiger partial charge in [0.05, 0.1) is 12.3 Å². The Hall–Kier alpha value is -1.51. The first-order valence-corrected chi connectivity index (χ1v) is 4.20. The second-order valence-electron chi connectivity index (χ2n) is 2.77. The molecule has 0 amide bonds. The fraction of sp³-hybridized carbons (Fsp3) is 0.300. The Morgan fingerprint density at radius 2 is 2.46 bits per heavy atom.